The highest BCUT2D eigenvalue weighted by molar-refractivity contribution is 5.77. The Bertz CT molecular complexity index is 171. The van der Waals surface area contributed by atoms with Gasteiger partial charge in [-0.1, -0.05) is 13.8 Å². The lowest BCUT2D eigenvalue weighted by atomic mass is 10.4. The Morgan fingerprint density at radius 3 is 2.13 bits per heavy atom. The van der Waals surface area contributed by atoms with E-state index in [4.69, 9.17) is 0 Å². The van der Waals surface area contributed by atoms with E-state index in [0.29, 0.717) is 0 Å². The maximum absolute atomic E-state index is 11.7. The predicted octanol–water partition coefficient (Wildman–Crippen LogP) is 1.64. The van der Waals surface area contributed by atoms with Gasteiger partial charge in [0, 0.05) is 13.6 Å². The maximum Gasteiger partial charge on any atom is 0.390 e. The molecule has 0 aliphatic rings. The fourth-order valence-electron chi connectivity index (χ4n) is 0.705. The molecule has 0 radical (unpaired) electrons. The van der Waals surface area contributed by atoms with Crippen LogP contribution in [0.15, 0.2) is 0 Å². The van der Waals surface area contributed by atoms with E-state index in [9.17, 15) is 18.0 Å². The van der Waals surface area contributed by atoms with Gasteiger partial charge in [0.2, 0.25) is 5.91 Å². The molecular weight excluding hydrogens is 209 g/mol. The van der Waals surface area contributed by atoms with E-state index in [2.05, 4.69) is 5.32 Å². The van der Waals surface area contributed by atoms with Crippen molar-refractivity contribution in [2.75, 3.05) is 27.2 Å². The monoisotopic (exact) mass is 228 g/mol. The van der Waals surface area contributed by atoms with Gasteiger partial charge >= 0.3 is 6.18 Å². The van der Waals surface area contributed by atoms with Crippen molar-refractivity contribution >= 4 is 5.91 Å². The minimum atomic E-state index is -4.20. The smallest absolute Gasteiger partial charge is 0.344 e. The highest BCUT2D eigenvalue weighted by Crippen LogP contribution is 2.19. The minimum absolute atomic E-state index is 0.0638. The summed E-state index contributed by atoms with van der Waals surface area (Å²) in [6, 6.07) is 0. The topological polar surface area (TPSA) is 32.3 Å². The van der Waals surface area contributed by atoms with Crippen molar-refractivity contribution in [3.63, 3.8) is 0 Å². The molecule has 92 valence electrons. The molecule has 0 saturated heterocycles. The Balaban J connectivity index is 0. The summed E-state index contributed by atoms with van der Waals surface area (Å²) in [4.78, 5) is 12.0. The van der Waals surface area contributed by atoms with Crippen LogP contribution in [0.25, 0.3) is 0 Å². The van der Waals surface area contributed by atoms with Crippen molar-refractivity contribution in [1.82, 2.24) is 10.2 Å². The van der Waals surface area contributed by atoms with Gasteiger partial charge in [-0.3, -0.25) is 4.79 Å². The van der Waals surface area contributed by atoms with E-state index in [1.54, 1.807) is 7.05 Å². The van der Waals surface area contributed by atoms with Crippen LogP contribution in [-0.2, 0) is 4.79 Å². The molecule has 0 unspecified atom stereocenters. The first-order valence-electron chi connectivity index (χ1n) is 4.82. The molecule has 1 N–H and O–H groups in total. The summed E-state index contributed by atoms with van der Waals surface area (Å²) in [7, 11) is 2.92. The molecule has 0 atom stereocenters. The van der Waals surface area contributed by atoms with Crippen LogP contribution in [0.4, 0.5) is 13.2 Å². The number of rotatable bonds is 4. The number of nitrogens with one attached hydrogen (secondary N) is 1. The molecule has 0 aromatic rings. The Labute approximate surface area is 88.6 Å². The molecular formula is C9H19F3N2O. The molecule has 0 aliphatic carbocycles. The summed E-state index contributed by atoms with van der Waals surface area (Å²) in [5, 5.41) is 2.57. The van der Waals surface area contributed by atoms with Gasteiger partial charge in [0.05, 0.1) is 13.0 Å². The largest absolute Gasteiger partial charge is 0.390 e. The number of nitrogens with zero attached hydrogens (tertiary/aromatic N) is 1. The molecule has 0 aromatic carbocycles. The molecule has 0 spiro atoms. The molecule has 0 fully saturated rings. The van der Waals surface area contributed by atoms with Crippen LogP contribution in [0.3, 0.4) is 0 Å². The van der Waals surface area contributed by atoms with Gasteiger partial charge in [0.15, 0.2) is 0 Å². The van der Waals surface area contributed by atoms with Crippen molar-refractivity contribution in [3.8, 4) is 0 Å². The number of carbonyl (C=O) groups excluding carboxylic acids is 1. The second-order valence-electron chi connectivity index (χ2n) is 2.71. The number of alkyl halides is 3. The molecule has 0 heterocycles. The summed E-state index contributed by atoms with van der Waals surface area (Å²) in [6.45, 7) is 3.78. The standard InChI is InChI=1S/C7H13F3N2O.C2H6/c1-11-5-6(13)12(2)4-3-7(8,9)10;1-2/h11H,3-5H2,1-2H3;1-2H3. The first-order chi connectivity index (χ1) is 6.87. The van der Waals surface area contributed by atoms with Gasteiger partial charge in [0.25, 0.3) is 0 Å². The van der Waals surface area contributed by atoms with Gasteiger partial charge in [0.1, 0.15) is 0 Å². The van der Waals surface area contributed by atoms with Crippen molar-refractivity contribution in [2.45, 2.75) is 26.4 Å². The van der Waals surface area contributed by atoms with Crippen LogP contribution < -0.4 is 5.32 Å². The molecule has 3 nitrogen and oxygen atoms in total. The summed E-state index contributed by atoms with van der Waals surface area (Å²) in [6.07, 6.45) is -5.16. The van der Waals surface area contributed by atoms with Gasteiger partial charge in [-0.25, -0.2) is 0 Å². The number of amides is 1. The van der Waals surface area contributed by atoms with Gasteiger partial charge in [-0.05, 0) is 7.05 Å². The lowest BCUT2D eigenvalue weighted by Crippen LogP contribution is -2.36. The second kappa shape index (κ2) is 8.52. The number of carbonyl (C=O) groups is 1. The Morgan fingerprint density at radius 1 is 1.33 bits per heavy atom. The average molecular weight is 228 g/mol. The maximum atomic E-state index is 11.7. The van der Waals surface area contributed by atoms with Crippen LogP contribution in [-0.4, -0.2) is 44.2 Å². The van der Waals surface area contributed by atoms with E-state index < -0.39 is 12.6 Å². The summed E-state index contributed by atoms with van der Waals surface area (Å²) in [5.74, 6) is -0.341. The van der Waals surface area contributed by atoms with Crippen LogP contribution in [0, 0.1) is 0 Å². The molecule has 6 heteroatoms. The van der Waals surface area contributed by atoms with Crippen LogP contribution in [0.1, 0.15) is 20.3 Å². The molecule has 0 bridgehead atoms. The van der Waals surface area contributed by atoms with Gasteiger partial charge in [-0.2, -0.15) is 13.2 Å². The zero-order valence-electron chi connectivity index (χ0n) is 9.61. The summed E-state index contributed by atoms with van der Waals surface area (Å²) in [5.41, 5.74) is 0. The van der Waals surface area contributed by atoms with Crippen molar-refractivity contribution in [3.05, 3.63) is 0 Å². The molecule has 15 heavy (non-hydrogen) atoms. The summed E-state index contributed by atoms with van der Waals surface area (Å²) >= 11 is 0. The van der Waals surface area contributed by atoms with E-state index in [1.807, 2.05) is 13.8 Å². The van der Waals surface area contributed by atoms with Gasteiger partial charge < -0.3 is 10.2 Å². The third kappa shape index (κ3) is 11.1. The predicted molar refractivity (Wildman–Crippen MR) is 53.6 cm³/mol. The van der Waals surface area contributed by atoms with E-state index in [-0.39, 0.29) is 19.0 Å². The third-order valence-corrected chi connectivity index (χ3v) is 1.48. The van der Waals surface area contributed by atoms with E-state index in [0.717, 1.165) is 4.90 Å². The van der Waals surface area contributed by atoms with Crippen molar-refractivity contribution < 1.29 is 18.0 Å². The normalized spacial score (nSPS) is 10.3. The Morgan fingerprint density at radius 2 is 1.80 bits per heavy atom. The lowest BCUT2D eigenvalue weighted by Gasteiger charge is -2.17. The molecule has 0 aromatic heterocycles. The van der Waals surface area contributed by atoms with Crippen molar-refractivity contribution in [1.29, 1.82) is 0 Å². The Hall–Kier alpha value is -0.780. The Kier molecular flexibility index (Phi) is 9.46. The zero-order valence-corrected chi connectivity index (χ0v) is 9.61. The summed E-state index contributed by atoms with van der Waals surface area (Å²) < 4.78 is 35.1. The zero-order chi connectivity index (χ0) is 12.5. The van der Waals surface area contributed by atoms with E-state index >= 15 is 0 Å². The van der Waals surface area contributed by atoms with Crippen LogP contribution in [0.2, 0.25) is 0 Å². The van der Waals surface area contributed by atoms with Crippen LogP contribution >= 0.6 is 0 Å². The lowest BCUT2D eigenvalue weighted by molar-refractivity contribution is -0.143. The second-order valence-corrected chi connectivity index (χ2v) is 2.71. The first kappa shape index (κ1) is 16.6. The number of hydrogen-bond acceptors (Lipinski definition) is 2. The fourth-order valence-corrected chi connectivity index (χ4v) is 0.705. The molecule has 0 saturated carbocycles. The highest BCUT2D eigenvalue weighted by atomic mass is 19.4. The van der Waals surface area contributed by atoms with Crippen molar-refractivity contribution in [2.24, 2.45) is 0 Å². The minimum Gasteiger partial charge on any atom is -0.344 e. The molecule has 1 amide bonds. The molecule has 0 rings (SSSR count). The highest BCUT2D eigenvalue weighted by Gasteiger charge is 2.27. The number of likely N-dealkylation sites (N-methyl/N-ethyl adjacent to an activating group) is 2. The number of halogens is 3. The van der Waals surface area contributed by atoms with Crippen LogP contribution in [0.5, 0.6) is 0 Å². The fraction of sp³-hybridized carbons (Fsp3) is 0.889. The van der Waals surface area contributed by atoms with Gasteiger partial charge in [-0.15, -0.1) is 0 Å². The number of hydrogen-bond donors (Lipinski definition) is 1. The average Bonchev–Trinajstić information content (AvgIpc) is 2.16. The quantitative estimate of drug-likeness (QED) is 0.793. The van der Waals surface area contributed by atoms with E-state index in [1.165, 1.54) is 7.05 Å². The SMILES string of the molecule is CC.CNCC(=O)N(C)CCC(F)(F)F. The molecule has 0 aliphatic heterocycles. The third-order valence-electron chi connectivity index (χ3n) is 1.48. The first-order valence-corrected chi connectivity index (χ1v) is 4.82.